The van der Waals surface area contributed by atoms with Gasteiger partial charge in [-0.05, 0) is 0 Å². The van der Waals surface area contributed by atoms with Crippen molar-refractivity contribution in [1.82, 2.24) is 9.78 Å². The van der Waals surface area contributed by atoms with E-state index in [1.165, 1.54) is 10.9 Å². The molecule has 1 aliphatic carbocycles. The first-order valence-electron chi connectivity index (χ1n) is 3.74. The van der Waals surface area contributed by atoms with E-state index in [-0.39, 0.29) is 18.9 Å². The van der Waals surface area contributed by atoms with Gasteiger partial charge in [-0.15, -0.1) is 0 Å². The zero-order valence-electron chi connectivity index (χ0n) is 6.37. The van der Waals surface area contributed by atoms with Crippen LogP contribution in [0.4, 0.5) is 14.5 Å². The summed E-state index contributed by atoms with van der Waals surface area (Å²) in [5, 5.41) is 3.86. The first-order chi connectivity index (χ1) is 5.57. The Balaban J connectivity index is 2.06. The summed E-state index contributed by atoms with van der Waals surface area (Å²) in [4.78, 5) is 0. The smallest absolute Gasteiger partial charge is 0.252 e. The van der Waals surface area contributed by atoms with E-state index >= 15 is 0 Å². The van der Waals surface area contributed by atoms with Gasteiger partial charge in [0.25, 0.3) is 5.92 Å². The molecule has 66 valence electrons. The standard InChI is InChI=1S/C7H9F2N3/c8-7(9)1-6(2-7)12-4-5(10)3-11-12/h3-4,6H,1-2,10H2. The third-order valence-electron chi connectivity index (χ3n) is 2.06. The minimum atomic E-state index is -2.49. The number of hydrogen-bond acceptors (Lipinski definition) is 2. The normalized spacial score (nSPS) is 22.2. The molecule has 12 heavy (non-hydrogen) atoms. The lowest BCUT2D eigenvalue weighted by Crippen LogP contribution is -2.37. The molecule has 0 spiro atoms. The Morgan fingerprint density at radius 3 is 2.67 bits per heavy atom. The minimum absolute atomic E-state index is 0.117. The van der Waals surface area contributed by atoms with E-state index in [2.05, 4.69) is 5.10 Å². The molecule has 1 saturated carbocycles. The molecule has 0 unspecified atom stereocenters. The first-order valence-corrected chi connectivity index (χ1v) is 3.74. The summed E-state index contributed by atoms with van der Waals surface area (Å²) in [6.07, 6.45) is 2.82. The molecule has 1 heterocycles. The lowest BCUT2D eigenvalue weighted by Gasteiger charge is -2.34. The fraction of sp³-hybridized carbons (Fsp3) is 0.571. The van der Waals surface area contributed by atoms with Gasteiger partial charge in [-0.25, -0.2) is 8.78 Å². The third-order valence-corrected chi connectivity index (χ3v) is 2.06. The first kappa shape index (κ1) is 7.52. The van der Waals surface area contributed by atoms with Crippen molar-refractivity contribution >= 4 is 5.69 Å². The highest BCUT2D eigenvalue weighted by Gasteiger charge is 2.46. The van der Waals surface area contributed by atoms with Crippen LogP contribution in [-0.2, 0) is 0 Å². The SMILES string of the molecule is Nc1cnn(C2CC(F)(F)C2)c1. The summed E-state index contributed by atoms with van der Waals surface area (Å²) in [7, 11) is 0. The molecule has 0 aliphatic heterocycles. The van der Waals surface area contributed by atoms with Gasteiger partial charge in [0.1, 0.15) is 0 Å². The molecule has 0 amide bonds. The van der Waals surface area contributed by atoms with Crippen molar-refractivity contribution in [2.24, 2.45) is 0 Å². The number of nitrogen functional groups attached to an aromatic ring is 1. The van der Waals surface area contributed by atoms with Crippen molar-refractivity contribution in [2.75, 3.05) is 5.73 Å². The quantitative estimate of drug-likeness (QED) is 0.698. The van der Waals surface area contributed by atoms with Crippen molar-refractivity contribution in [3.05, 3.63) is 12.4 Å². The number of nitrogens with two attached hydrogens (primary N) is 1. The number of halogens is 2. The second kappa shape index (κ2) is 2.18. The molecule has 1 fully saturated rings. The maximum absolute atomic E-state index is 12.4. The van der Waals surface area contributed by atoms with Crippen LogP contribution < -0.4 is 5.73 Å². The number of alkyl halides is 2. The van der Waals surface area contributed by atoms with Crippen LogP contribution in [-0.4, -0.2) is 15.7 Å². The molecule has 0 atom stereocenters. The molecular formula is C7H9F2N3. The molecular weight excluding hydrogens is 164 g/mol. The van der Waals surface area contributed by atoms with Gasteiger partial charge in [0.2, 0.25) is 0 Å². The second-order valence-electron chi connectivity index (χ2n) is 3.17. The Morgan fingerprint density at radius 2 is 2.25 bits per heavy atom. The highest BCUT2D eigenvalue weighted by Crippen LogP contribution is 2.45. The van der Waals surface area contributed by atoms with Crippen molar-refractivity contribution in [2.45, 2.75) is 24.8 Å². The summed E-state index contributed by atoms with van der Waals surface area (Å²) >= 11 is 0. The molecule has 0 bridgehead atoms. The van der Waals surface area contributed by atoms with Gasteiger partial charge in [0, 0.05) is 19.0 Å². The molecule has 3 nitrogen and oxygen atoms in total. The molecule has 1 aromatic heterocycles. The summed E-state index contributed by atoms with van der Waals surface area (Å²) in [5.74, 6) is -2.49. The van der Waals surface area contributed by atoms with Gasteiger partial charge >= 0.3 is 0 Å². The Labute approximate surface area is 68.2 Å². The van der Waals surface area contributed by atoms with Crippen LogP contribution in [0.15, 0.2) is 12.4 Å². The average molecular weight is 173 g/mol. The van der Waals surface area contributed by atoms with Gasteiger partial charge in [0.15, 0.2) is 0 Å². The Hall–Kier alpha value is -1.13. The van der Waals surface area contributed by atoms with Crippen LogP contribution in [0.5, 0.6) is 0 Å². The highest BCUT2D eigenvalue weighted by atomic mass is 19.3. The van der Waals surface area contributed by atoms with E-state index in [9.17, 15) is 8.78 Å². The topological polar surface area (TPSA) is 43.8 Å². The largest absolute Gasteiger partial charge is 0.396 e. The van der Waals surface area contributed by atoms with Gasteiger partial charge < -0.3 is 5.73 Å². The molecule has 5 heteroatoms. The molecule has 0 aromatic carbocycles. The van der Waals surface area contributed by atoms with Crippen molar-refractivity contribution in [1.29, 1.82) is 0 Å². The van der Waals surface area contributed by atoms with Crippen LogP contribution in [0.3, 0.4) is 0 Å². The third kappa shape index (κ3) is 1.15. The molecule has 0 radical (unpaired) electrons. The monoisotopic (exact) mass is 173 g/mol. The average Bonchev–Trinajstić information content (AvgIpc) is 2.30. The van der Waals surface area contributed by atoms with Crippen molar-refractivity contribution in [3.8, 4) is 0 Å². The number of anilines is 1. The van der Waals surface area contributed by atoms with E-state index in [4.69, 9.17) is 5.73 Å². The number of hydrogen-bond donors (Lipinski definition) is 1. The number of rotatable bonds is 1. The van der Waals surface area contributed by atoms with Gasteiger partial charge in [0.05, 0.1) is 17.9 Å². The van der Waals surface area contributed by atoms with Gasteiger partial charge in [-0.2, -0.15) is 5.10 Å². The highest BCUT2D eigenvalue weighted by molar-refractivity contribution is 5.30. The number of nitrogens with zero attached hydrogens (tertiary/aromatic N) is 2. The van der Waals surface area contributed by atoms with Crippen LogP contribution in [0, 0.1) is 0 Å². The number of aromatic nitrogens is 2. The van der Waals surface area contributed by atoms with Crippen LogP contribution in [0.2, 0.25) is 0 Å². The van der Waals surface area contributed by atoms with E-state index < -0.39 is 5.92 Å². The second-order valence-corrected chi connectivity index (χ2v) is 3.17. The fourth-order valence-corrected chi connectivity index (χ4v) is 1.37. The Kier molecular flexibility index (Phi) is 1.37. The summed E-state index contributed by atoms with van der Waals surface area (Å²) in [5.41, 5.74) is 5.91. The van der Waals surface area contributed by atoms with Crippen LogP contribution in [0.25, 0.3) is 0 Å². The summed E-state index contributed by atoms with van der Waals surface area (Å²) < 4.78 is 26.3. The maximum Gasteiger partial charge on any atom is 0.252 e. The molecule has 0 saturated heterocycles. The van der Waals surface area contributed by atoms with Crippen LogP contribution >= 0.6 is 0 Å². The lowest BCUT2D eigenvalue weighted by atomic mass is 9.88. The zero-order chi connectivity index (χ0) is 8.77. The van der Waals surface area contributed by atoms with Gasteiger partial charge in [-0.3, -0.25) is 4.68 Å². The van der Waals surface area contributed by atoms with E-state index in [0.717, 1.165) is 0 Å². The predicted octanol–water partition coefficient (Wildman–Crippen LogP) is 1.44. The summed E-state index contributed by atoms with van der Waals surface area (Å²) in [6, 6.07) is -0.169. The van der Waals surface area contributed by atoms with Crippen molar-refractivity contribution in [3.63, 3.8) is 0 Å². The lowest BCUT2D eigenvalue weighted by molar-refractivity contribution is -0.106. The van der Waals surface area contributed by atoms with Crippen LogP contribution in [0.1, 0.15) is 18.9 Å². The van der Waals surface area contributed by atoms with E-state index in [0.29, 0.717) is 5.69 Å². The predicted molar refractivity (Wildman–Crippen MR) is 39.9 cm³/mol. The molecule has 2 N–H and O–H groups in total. The fourth-order valence-electron chi connectivity index (χ4n) is 1.37. The summed E-state index contributed by atoms with van der Waals surface area (Å²) in [6.45, 7) is 0. The van der Waals surface area contributed by atoms with Crippen molar-refractivity contribution < 1.29 is 8.78 Å². The Morgan fingerprint density at radius 1 is 1.58 bits per heavy atom. The van der Waals surface area contributed by atoms with Gasteiger partial charge in [-0.1, -0.05) is 0 Å². The Bertz CT molecular complexity index is 287. The maximum atomic E-state index is 12.4. The minimum Gasteiger partial charge on any atom is -0.396 e. The molecule has 1 aromatic rings. The zero-order valence-corrected chi connectivity index (χ0v) is 6.37. The van der Waals surface area contributed by atoms with E-state index in [1.54, 1.807) is 6.20 Å². The van der Waals surface area contributed by atoms with E-state index in [1.807, 2.05) is 0 Å². The molecule has 2 rings (SSSR count). The molecule has 1 aliphatic rings.